The molecule has 4 aromatic rings. The number of hydrogen-bond acceptors (Lipinski definition) is 5. The predicted molar refractivity (Wildman–Crippen MR) is 123 cm³/mol. The lowest BCUT2D eigenvalue weighted by molar-refractivity contribution is 0.324. The van der Waals surface area contributed by atoms with Crippen LogP contribution in [-0.2, 0) is 0 Å². The van der Waals surface area contributed by atoms with Crippen LogP contribution in [0.3, 0.4) is 0 Å². The lowest BCUT2D eigenvalue weighted by atomic mass is 10.0. The molecule has 1 aromatic heterocycles. The molecule has 0 aliphatic rings. The Balaban J connectivity index is 1.93. The van der Waals surface area contributed by atoms with E-state index >= 15 is 0 Å². The predicted octanol–water partition coefficient (Wildman–Crippen LogP) is 5.81. The van der Waals surface area contributed by atoms with Crippen molar-refractivity contribution in [1.29, 1.82) is 0 Å². The van der Waals surface area contributed by atoms with E-state index in [0.717, 1.165) is 28.1 Å². The van der Waals surface area contributed by atoms with Crippen molar-refractivity contribution in [3.8, 4) is 51.2 Å². The Kier molecular flexibility index (Phi) is 5.85. The van der Waals surface area contributed by atoms with Crippen molar-refractivity contribution < 1.29 is 14.2 Å². The number of benzene rings is 3. The number of aromatic nitrogens is 2. The molecular formula is C26H24N2O3. The van der Waals surface area contributed by atoms with Crippen LogP contribution in [0.2, 0.25) is 0 Å². The molecule has 0 amide bonds. The standard InChI is InChI=1S/C26H24N2O3/c1-17-10-12-18(13-11-17)21-16-22(28-26(27-21)19-8-6-5-7-9-19)20-14-23(29-2)25(31-4)24(15-20)30-3/h5-16H,1-4H3. The van der Waals surface area contributed by atoms with Gasteiger partial charge in [-0.15, -0.1) is 0 Å². The van der Waals surface area contributed by atoms with Crippen LogP contribution in [0.15, 0.2) is 72.8 Å². The third kappa shape index (κ3) is 4.21. The first-order valence-corrected chi connectivity index (χ1v) is 9.95. The second-order valence-electron chi connectivity index (χ2n) is 7.11. The Morgan fingerprint density at radius 1 is 0.581 bits per heavy atom. The van der Waals surface area contributed by atoms with Gasteiger partial charge in [-0.3, -0.25) is 0 Å². The van der Waals surface area contributed by atoms with Crippen LogP contribution in [0.25, 0.3) is 33.9 Å². The van der Waals surface area contributed by atoms with Gasteiger partial charge in [-0.05, 0) is 25.1 Å². The molecule has 4 rings (SSSR count). The minimum absolute atomic E-state index is 0.546. The van der Waals surface area contributed by atoms with Crippen LogP contribution in [0.5, 0.6) is 17.2 Å². The molecule has 0 spiro atoms. The van der Waals surface area contributed by atoms with E-state index in [1.54, 1.807) is 21.3 Å². The first-order valence-electron chi connectivity index (χ1n) is 9.95. The zero-order valence-electron chi connectivity index (χ0n) is 18.0. The molecule has 0 atom stereocenters. The van der Waals surface area contributed by atoms with Crippen LogP contribution < -0.4 is 14.2 Å². The highest BCUT2D eigenvalue weighted by Gasteiger charge is 2.17. The summed E-state index contributed by atoms with van der Waals surface area (Å²) in [4.78, 5) is 9.71. The molecule has 0 aliphatic heterocycles. The molecule has 0 N–H and O–H groups in total. The number of methoxy groups -OCH3 is 3. The van der Waals surface area contributed by atoms with E-state index in [-0.39, 0.29) is 0 Å². The number of aryl methyl sites for hydroxylation is 1. The fourth-order valence-corrected chi connectivity index (χ4v) is 3.41. The molecule has 3 aromatic carbocycles. The molecule has 0 aliphatic carbocycles. The van der Waals surface area contributed by atoms with E-state index in [1.807, 2.05) is 48.5 Å². The topological polar surface area (TPSA) is 53.5 Å². The van der Waals surface area contributed by atoms with Gasteiger partial charge in [0.05, 0.1) is 32.7 Å². The molecule has 0 bridgehead atoms. The van der Waals surface area contributed by atoms with Gasteiger partial charge in [0, 0.05) is 16.7 Å². The number of nitrogens with zero attached hydrogens (tertiary/aromatic N) is 2. The number of ether oxygens (including phenoxy) is 3. The first kappa shape index (κ1) is 20.4. The Labute approximate surface area is 182 Å². The molecular weight excluding hydrogens is 388 g/mol. The van der Waals surface area contributed by atoms with Crippen LogP contribution in [-0.4, -0.2) is 31.3 Å². The van der Waals surface area contributed by atoms with Crippen LogP contribution in [0.1, 0.15) is 5.56 Å². The maximum Gasteiger partial charge on any atom is 0.203 e. The van der Waals surface area contributed by atoms with Gasteiger partial charge >= 0.3 is 0 Å². The van der Waals surface area contributed by atoms with Crippen molar-refractivity contribution in [3.05, 3.63) is 78.4 Å². The summed E-state index contributed by atoms with van der Waals surface area (Å²) >= 11 is 0. The Morgan fingerprint density at radius 2 is 1.16 bits per heavy atom. The highest BCUT2D eigenvalue weighted by atomic mass is 16.5. The monoisotopic (exact) mass is 412 g/mol. The van der Waals surface area contributed by atoms with Crippen molar-refractivity contribution in [2.75, 3.05) is 21.3 Å². The van der Waals surface area contributed by atoms with Crippen LogP contribution in [0.4, 0.5) is 0 Å². The normalized spacial score (nSPS) is 10.6. The molecule has 0 fully saturated rings. The molecule has 156 valence electrons. The van der Waals surface area contributed by atoms with E-state index in [9.17, 15) is 0 Å². The Hall–Kier alpha value is -3.86. The van der Waals surface area contributed by atoms with Crippen molar-refractivity contribution in [2.24, 2.45) is 0 Å². The minimum atomic E-state index is 0.546. The summed E-state index contributed by atoms with van der Waals surface area (Å²) in [6, 6.07) is 24.1. The van der Waals surface area contributed by atoms with Crippen LogP contribution >= 0.6 is 0 Å². The maximum atomic E-state index is 5.54. The molecule has 0 unspecified atom stereocenters. The van der Waals surface area contributed by atoms with Crippen LogP contribution in [0, 0.1) is 6.92 Å². The van der Waals surface area contributed by atoms with Gasteiger partial charge in [0.2, 0.25) is 5.75 Å². The van der Waals surface area contributed by atoms with Crippen molar-refractivity contribution in [2.45, 2.75) is 6.92 Å². The summed E-state index contributed by atoms with van der Waals surface area (Å²) in [5.41, 5.74) is 5.64. The molecule has 1 heterocycles. The first-order chi connectivity index (χ1) is 15.1. The van der Waals surface area contributed by atoms with E-state index in [0.29, 0.717) is 23.1 Å². The van der Waals surface area contributed by atoms with Gasteiger partial charge < -0.3 is 14.2 Å². The fourth-order valence-electron chi connectivity index (χ4n) is 3.41. The zero-order chi connectivity index (χ0) is 21.8. The highest BCUT2D eigenvalue weighted by molar-refractivity contribution is 5.74. The summed E-state index contributed by atoms with van der Waals surface area (Å²) in [5.74, 6) is 2.36. The van der Waals surface area contributed by atoms with Gasteiger partial charge in [-0.25, -0.2) is 9.97 Å². The summed E-state index contributed by atoms with van der Waals surface area (Å²) in [6.07, 6.45) is 0. The van der Waals surface area contributed by atoms with Crippen molar-refractivity contribution in [3.63, 3.8) is 0 Å². The van der Waals surface area contributed by atoms with Crippen molar-refractivity contribution >= 4 is 0 Å². The average Bonchev–Trinajstić information content (AvgIpc) is 2.83. The smallest absolute Gasteiger partial charge is 0.203 e. The fraction of sp³-hybridized carbons (Fsp3) is 0.154. The summed E-state index contributed by atoms with van der Waals surface area (Å²) in [6.45, 7) is 2.07. The average molecular weight is 412 g/mol. The third-order valence-electron chi connectivity index (χ3n) is 5.07. The van der Waals surface area contributed by atoms with Gasteiger partial charge in [-0.1, -0.05) is 60.2 Å². The van der Waals surface area contributed by atoms with E-state index < -0.39 is 0 Å². The Morgan fingerprint density at radius 3 is 1.71 bits per heavy atom. The molecule has 0 radical (unpaired) electrons. The van der Waals surface area contributed by atoms with Gasteiger partial charge in [-0.2, -0.15) is 0 Å². The molecule has 5 nitrogen and oxygen atoms in total. The molecule has 31 heavy (non-hydrogen) atoms. The van der Waals surface area contributed by atoms with E-state index in [1.165, 1.54) is 5.56 Å². The van der Waals surface area contributed by atoms with E-state index in [4.69, 9.17) is 24.2 Å². The largest absolute Gasteiger partial charge is 0.493 e. The lowest BCUT2D eigenvalue weighted by Crippen LogP contribution is -1.98. The highest BCUT2D eigenvalue weighted by Crippen LogP contribution is 2.41. The Bertz CT molecular complexity index is 1160. The molecule has 0 saturated carbocycles. The second kappa shape index (κ2) is 8.88. The quantitative estimate of drug-likeness (QED) is 0.400. The zero-order valence-corrected chi connectivity index (χ0v) is 18.0. The minimum Gasteiger partial charge on any atom is -0.493 e. The summed E-state index contributed by atoms with van der Waals surface area (Å²) < 4.78 is 16.5. The van der Waals surface area contributed by atoms with Crippen molar-refractivity contribution in [1.82, 2.24) is 9.97 Å². The summed E-state index contributed by atoms with van der Waals surface area (Å²) in [7, 11) is 4.80. The third-order valence-corrected chi connectivity index (χ3v) is 5.07. The molecule has 5 heteroatoms. The second-order valence-corrected chi connectivity index (χ2v) is 7.11. The van der Waals surface area contributed by atoms with Gasteiger partial charge in [0.1, 0.15) is 0 Å². The van der Waals surface area contributed by atoms with Gasteiger partial charge in [0.15, 0.2) is 17.3 Å². The maximum absolute atomic E-state index is 5.54. The SMILES string of the molecule is COc1cc(-c2cc(-c3ccc(C)cc3)nc(-c3ccccc3)n2)cc(OC)c1OC. The lowest BCUT2D eigenvalue weighted by Gasteiger charge is -2.15. The number of hydrogen-bond donors (Lipinski definition) is 0. The van der Waals surface area contributed by atoms with E-state index in [2.05, 4.69) is 31.2 Å². The molecule has 0 saturated heterocycles. The van der Waals surface area contributed by atoms with Gasteiger partial charge in [0.25, 0.3) is 0 Å². The summed E-state index contributed by atoms with van der Waals surface area (Å²) in [5, 5.41) is 0. The number of rotatable bonds is 6.